The molecule has 0 aliphatic carbocycles. The minimum Gasteiger partial charge on any atom is -0.326 e. The molecule has 0 spiro atoms. The summed E-state index contributed by atoms with van der Waals surface area (Å²) in [6.45, 7) is 1.04. The molecule has 0 radical (unpaired) electrons. The van der Waals surface area contributed by atoms with E-state index < -0.39 is 24.0 Å². The van der Waals surface area contributed by atoms with Gasteiger partial charge in [-0.15, -0.1) is 0 Å². The highest BCUT2D eigenvalue weighted by Gasteiger charge is 2.34. The maximum absolute atomic E-state index is 12.4. The van der Waals surface area contributed by atoms with Gasteiger partial charge in [-0.05, 0) is 24.1 Å². The van der Waals surface area contributed by atoms with Crippen molar-refractivity contribution in [2.75, 3.05) is 0 Å². The van der Waals surface area contributed by atoms with Crippen LogP contribution in [0.2, 0.25) is 0 Å². The Balaban J connectivity index is 3.40. The minimum atomic E-state index is -4.75. The van der Waals surface area contributed by atoms with E-state index >= 15 is 0 Å². The molecule has 0 aliphatic rings. The van der Waals surface area contributed by atoms with Gasteiger partial charge in [-0.1, -0.05) is 0 Å². The summed E-state index contributed by atoms with van der Waals surface area (Å²) in [7, 11) is 0. The number of halogens is 5. The topological polar surface area (TPSA) is 38.9 Å². The van der Waals surface area contributed by atoms with Gasteiger partial charge in [0.15, 0.2) is 0 Å². The molecule has 1 heterocycles. The van der Waals surface area contributed by atoms with Crippen molar-refractivity contribution in [2.45, 2.75) is 26.1 Å². The number of rotatable bonds is 2. The van der Waals surface area contributed by atoms with Gasteiger partial charge in [0.2, 0.25) is 0 Å². The van der Waals surface area contributed by atoms with Crippen LogP contribution in [0.25, 0.3) is 0 Å². The smallest absolute Gasteiger partial charge is 0.326 e. The van der Waals surface area contributed by atoms with Crippen molar-refractivity contribution in [1.29, 1.82) is 0 Å². The summed E-state index contributed by atoms with van der Waals surface area (Å²) in [5, 5.41) is 0. The Kier molecular flexibility index (Phi) is 3.47. The first-order chi connectivity index (χ1) is 7.27. The molecule has 0 saturated carbocycles. The summed E-state index contributed by atoms with van der Waals surface area (Å²) in [4.78, 5) is 2.92. The van der Waals surface area contributed by atoms with Crippen LogP contribution < -0.4 is 5.73 Å². The lowest BCUT2D eigenvalue weighted by atomic mass is 10.1. The Morgan fingerprint density at radius 2 is 1.94 bits per heavy atom. The third kappa shape index (κ3) is 2.46. The molecule has 0 atom stereocenters. The second kappa shape index (κ2) is 4.32. The van der Waals surface area contributed by atoms with Crippen LogP contribution in [0.5, 0.6) is 0 Å². The summed E-state index contributed by atoms with van der Waals surface area (Å²) in [5.74, 6) is 0. The summed E-state index contributed by atoms with van der Waals surface area (Å²) in [6.07, 6.45) is -7.80. The van der Waals surface area contributed by atoms with Gasteiger partial charge in [0.05, 0.1) is 0 Å². The van der Waals surface area contributed by atoms with E-state index in [-0.39, 0.29) is 17.7 Å². The number of nitrogens with zero attached hydrogens (tertiary/aromatic N) is 1. The first-order valence-electron chi connectivity index (χ1n) is 4.33. The summed E-state index contributed by atoms with van der Waals surface area (Å²) in [6, 6.07) is 0.696. The maximum atomic E-state index is 12.4. The van der Waals surface area contributed by atoms with Crippen LogP contribution >= 0.6 is 0 Å². The fourth-order valence-corrected chi connectivity index (χ4v) is 1.25. The molecule has 0 aliphatic heterocycles. The lowest BCUT2D eigenvalue weighted by molar-refractivity contribution is -0.141. The van der Waals surface area contributed by atoms with Crippen molar-refractivity contribution in [3.05, 3.63) is 28.6 Å². The molecular weight excluding hydrogens is 231 g/mol. The number of hydrogen-bond donors (Lipinski definition) is 1. The molecule has 2 N–H and O–H groups in total. The molecule has 0 amide bonds. The van der Waals surface area contributed by atoms with Crippen LogP contribution in [0.4, 0.5) is 22.0 Å². The zero-order chi connectivity index (χ0) is 12.5. The molecule has 1 rings (SSSR count). The maximum Gasteiger partial charge on any atom is 0.433 e. The molecule has 0 bridgehead atoms. The van der Waals surface area contributed by atoms with Gasteiger partial charge >= 0.3 is 6.18 Å². The highest BCUT2D eigenvalue weighted by molar-refractivity contribution is 5.33. The summed E-state index contributed by atoms with van der Waals surface area (Å²) >= 11 is 0. The molecule has 1 aromatic rings. The van der Waals surface area contributed by atoms with Gasteiger partial charge in [-0.25, -0.2) is 13.8 Å². The van der Waals surface area contributed by atoms with Crippen LogP contribution in [0, 0.1) is 6.92 Å². The highest BCUT2D eigenvalue weighted by Crippen LogP contribution is 2.32. The predicted octanol–water partition coefficient (Wildman–Crippen LogP) is 2.81. The Morgan fingerprint density at radius 3 is 2.31 bits per heavy atom. The number of pyridine rings is 1. The molecule has 90 valence electrons. The van der Waals surface area contributed by atoms with E-state index in [0.717, 1.165) is 0 Å². The average molecular weight is 240 g/mol. The van der Waals surface area contributed by atoms with Crippen molar-refractivity contribution in [3.63, 3.8) is 0 Å². The van der Waals surface area contributed by atoms with Crippen molar-refractivity contribution in [3.8, 4) is 0 Å². The van der Waals surface area contributed by atoms with Crippen LogP contribution in [0.15, 0.2) is 6.07 Å². The van der Waals surface area contributed by atoms with Crippen molar-refractivity contribution >= 4 is 0 Å². The first kappa shape index (κ1) is 12.8. The monoisotopic (exact) mass is 240 g/mol. The Labute approximate surface area is 88.3 Å². The number of alkyl halides is 5. The van der Waals surface area contributed by atoms with Crippen LogP contribution in [0.1, 0.15) is 28.9 Å². The Bertz CT molecular complexity index is 386. The molecule has 16 heavy (non-hydrogen) atoms. The number of aromatic nitrogens is 1. The SMILES string of the molecule is Cc1c(CN)cc(C(F)(F)F)nc1C(F)F. The summed E-state index contributed by atoms with van der Waals surface area (Å²) < 4.78 is 61.9. The lowest BCUT2D eigenvalue weighted by Gasteiger charge is -2.13. The van der Waals surface area contributed by atoms with E-state index in [0.29, 0.717) is 6.07 Å². The minimum absolute atomic E-state index is 0.00509. The third-order valence-corrected chi connectivity index (χ3v) is 2.13. The van der Waals surface area contributed by atoms with Crippen molar-refractivity contribution in [2.24, 2.45) is 5.73 Å². The molecule has 0 unspecified atom stereocenters. The predicted molar refractivity (Wildman–Crippen MR) is 46.8 cm³/mol. The van der Waals surface area contributed by atoms with Gasteiger partial charge in [-0.2, -0.15) is 13.2 Å². The molecule has 0 fully saturated rings. The van der Waals surface area contributed by atoms with Gasteiger partial charge < -0.3 is 5.73 Å². The second-order valence-corrected chi connectivity index (χ2v) is 3.18. The van der Waals surface area contributed by atoms with Crippen LogP contribution in [-0.4, -0.2) is 4.98 Å². The van der Waals surface area contributed by atoms with E-state index in [1.54, 1.807) is 0 Å². The Hall–Kier alpha value is -1.24. The van der Waals surface area contributed by atoms with Crippen LogP contribution in [-0.2, 0) is 12.7 Å². The number of nitrogens with two attached hydrogens (primary N) is 1. The first-order valence-corrected chi connectivity index (χ1v) is 4.33. The second-order valence-electron chi connectivity index (χ2n) is 3.18. The fourth-order valence-electron chi connectivity index (χ4n) is 1.25. The normalized spacial score (nSPS) is 12.2. The third-order valence-electron chi connectivity index (χ3n) is 2.13. The van der Waals surface area contributed by atoms with Crippen molar-refractivity contribution in [1.82, 2.24) is 4.98 Å². The van der Waals surface area contributed by atoms with E-state index in [2.05, 4.69) is 4.98 Å². The Morgan fingerprint density at radius 1 is 1.38 bits per heavy atom. The lowest BCUT2D eigenvalue weighted by Crippen LogP contribution is -2.14. The van der Waals surface area contributed by atoms with Gasteiger partial charge in [-0.3, -0.25) is 0 Å². The average Bonchev–Trinajstić information content (AvgIpc) is 2.15. The zero-order valence-electron chi connectivity index (χ0n) is 8.28. The molecule has 0 saturated heterocycles. The van der Waals surface area contributed by atoms with Gasteiger partial charge in [0.25, 0.3) is 6.43 Å². The number of hydrogen-bond acceptors (Lipinski definition) is 2. The van der Waals surface area contributed by atoms with E-state index in [4.69, 9.17) is 5.73 Å². The fraction of sp³-hybridized carbons (Fsp3) is 0.444. The largest absolute Gasteiger partial charge is 0.433 e. The summed E-state index contributed by atoms with van der Waals surface area (Å²) in [5.41, 5.74) is 3.02. The molecular formula is C9H9F5N2. The molecule has 1 aromatic heterocycles. The van der Waals surface area contributed by atoms with E-state index in [1.807, 2.05) is 0 Å². The standard InChI is InChI=1S/C9H9F5N2/c1-4-5(3-15)2-6(9(12,13)14)16-7(4)8(10)11/h2,8H,3,15H2,1H3. The van der Waals surface area contributed by atoms with Crippen LogP contribution in [0.3, 0.4) is 0 Å². The zero-order valence-corrected chi connectivity index (χ0v) is 8.28. The molecule has 0 aromatic carbocycles. The highest BCUT2D eigenvalue weighted by atomic mass is 19.4. The van der Waals surface area contributed by atoms with Gasteiger partial charge in [0.1, 0.15) is 11.4 Å². The van der Waals surface area contributed by atoms with Gasteiger partial charge in [0, 0.05) is 6.54 Å². The molecule has 2 nitrogen and oxygen atoms in total. The quantitative estimate of drug-likeness (QED) is 0.807. The van der Waals surface area contributed by atoms with E-state index in [1.165, 1.54) is 6.92 Å². The van der Waals surface area contributed by atoms with Crippen molar-refractivity contribution < 1.29 is 22.0 Å². The van der Waals surface area contributed by atoms with E-state index in [9.17, 15) is 22.0 Å². The molecule has 7 heteroatoms.